The molecule has 2 aromatic heterocycles. The number of anilines is 2. The third-order valence-electron chi connectivity index (χ3n) is 2.20. The van der Waals surface area contributed by atoms with Crippen molar-refractivity contribution < 1.29 is 4.79 Å². The lowest BCUT2D eigenvalue weighted by molar-refractivity contribution is 0.102. The SMILES string of the molecule is CNc1nnc(C(=O)Nc2c(C)n[nH]c2C)s1. The summed E-state index contributed by atoms with van der Waals surface area (Å²) in [4.78, 5) is 11.9. The van der Waals surface area contributed by atoms with Crippen molar-refractivity contribution in [2.75, 3.05) is 17.7 Å². The van der Waals surface area contributed by atoms with Gasteiger partial charge in [0.25, 0.3) is 5.91 Å². The number of hydrogen-bond acceptors (Lipinski definition) is 6. The lowest BCUT2D eigenvalue weighted by Crippen LogP contribution is -2.12. The zero-order valence-corrected chi connectivity index (χ0v) is 10.5. The summed E-state index contributed by atoms with van der Waals surface area (Å²) < 4.78 is 0. The second-order valence-corrected chi connectivity index (χ2v) is 4.40. The highest BCUT2D eigenvalue weighted by molar-refractivity contribution is 7.17. The Morgan fingerprint density at radius 2 is 2.12 bits per heavy atom. The first-order valence-corrected chi connectivity index (χ1v) is 5.77. The lowest BCUT2D eigenvalue weighted by atomic mass is 10.3. The zero-order chi connectivity index (χ0) is 12.4. The number of nitrogens with zero attached hydrogens (tertiary/aromatic N) is 3. The zero-order valence-electron chi connectivity index (χ0n) is 9.66. The van der Waals surface area contributed by atoms with Crippen LogP contribution in [0.2, 0.25) is 0 Å². The number of amides is 1. The summed E-state index contributed by atoms with van der Waals surface area (Å²) in [6.45, 7) is 3.66. The maximum atomic E-state index is 11.9. The van der Waals surface area contributed by atoms with Crippen LogP contribution >= 0.6 is 11.3 Å². The summed E-state index contributed by atoms with van der Waals surface area (Å²) in [6.07, 6.45) is 0. The Hall–Kier alpha value is -1.96. The molecule has 3 N–H and O–H groups in total. The standard InChI is InChI=1S/C9H12N6OS/c1-4-6(5(2)13-12-4)11-7(16)8-14-15-9(10-3)17-8/h1-3H3,(H,10,15)(H,11,16)(H,12,13). The van der Waals surface area contributed by atoms with Crippen LogP contribution in [0.15, 0.2) is 0 Å². The number of carbonyl (C=O) groups excluding carboxylic acids is 1. The van der Waals surface area contributed by atoms with Crippen LogP contribution in [0.4, 0.5) is 10.8 Å². The Balaban J connectivity index is 2.17. The quantitative estimate of drug-likeness (QED) is 0.762. The highest BCUT2D eigenvalue weighted by atomic mass is 32.1. The van der Waals surface area contributed by atoms with E-state index in [1.807, 2.05) is 13.8 Å². The Labute approximate surface area is 102 Å². The summed E-state index contributed by atoms with van der Waals surface area (Å²) in [5.74, 6) is -0.281. The van der Waals surface area contributed by atoms with E-state index in [1.165, 1.54) is 11.3 Å². The van der Waals surface area contributed by atoms with E-state index in [0.29, 0.717) is 15.8 Å². The van der Waals surface area contributed by atoms with Crippen LogP contribution in [0, 0.1) is 13.8 Å². The van der Waals surface area contributed by atoms with Crippen molar-refractivity contribution in [2.45, 2.75) is 13.8 Å². The topological polar surface area (TPSA) is 95.6 Å². The van der Waals surface area contributed by atoms with Crippen LogP contribution in [0.1, 0.15) is 21.2 Å². The van der Waals surface area contributed by atoms with Crippen molar-refractivity contribution in [1.82, 2.24) is 20.4 Å². The number of aromatic amines is 1. The molecule has 0 fully saturated rings. The molecule has 0 aliphatic carbocycles. The molecular weight excluding hydrogens is 240 g/mol. The highest BCUT2D eigenvalue weighted by Gasteiger charge is 2.15. The van der Waals surface area contributed by atoms with Crippen molar-refractivity contribution in [2.24, 2.45) is 0 Å². The van der Waals surface area contributed by atoms with Gasteiger partial charge in [-0.25, -0.2) is 0 Å². The summed E-state index contributed by atoms with van der Waals surface area (Å²) in [5, 5.41) is 20.9. The third-order valence-corrected chi connectivity index (χ3v) is 3.14. The van der Waals surface area contributed by atoms with Crippen molar-refractivity contribution in [3.8, 4) is 0 Å². The molecule has 7 nitrogen and oxygen atoms in total. The van der Waals surface area contributed by atoms with Crippen LogP contribution in [-0.4, -0.2) is 33.3 Å². The fourth-order valence-corrected chi connectivity index (χ4v) is 1.91. The Bertz CT molecular complexity index is 526. The van der Waals surface area contributed by atoms with E-state index < -0.39 is 0 Å². The largest absolute Gasteiger partial charge is 0.363 e. The number of rotatable bonds is 3. The minimum absolute atomic E-state index is 0.281. The van der Waals surface area contributed by atoms with E-state index in [0.717, 1.165) is 11.4 Å². The van der Waals surface area contributed by atoms with E-state index >= 15 is 0 Å². The van der Waals surface area contributed by atoms with Gasteiger partial charge in [0.1, 0.15) is 0 Å². The predicted octanol–water partition coefficient (Wildman–Crippen LogP) is 1.17. The van der Waals surface area contributed by atoms with Crippen LogP contribution in [0.3, 0.4) is 0 Å². The molecule has 0 saturated carbocycles. The minimum atomic E-state index is -0.281. The molecule has 0 saturated heterocycles. The molecule has 8 heteroatoms. The normalized spacial score (nSPS) is 10.3. The van der Waals surface area contributed by atoms with Crippen LogP contribution in [0.25, 0.3) is 0 Å². The summed E-state index contributed by atoms with van der Waals surface area (Å²) >= 11 is 1.20. The first-order valence-electron chi connectivity index (χ1n) is 4.96. The number of nitrogens with one attached hydrogen (secondary N) is 3. The molecule has 0 spiro atoms. The third kappa shape index (κ3) is 2.26. The highest BCUT2D eigenvalue weighted by Crippen LogP contribution is 2.19. The van der Waals surface area contributed by atoms with Gasteiger partial charge in [-0.2, -0.15) is 5.10 Å². The second kappa shape index (κ2) is 4.50. The number of aryl methyl sites for hydroxylation is 2. The Morgan fingerprint density at radius 1 is 1.35 bits per heavy atom. The van der Waals surface area contributed by atoms with Gasteiger partial charge in [-0.3, -0.25) is 9.89 Å². The maximum Gasteiger partial charge on any atom is 0.286 e. The number of aromatic nitrogens is 4. The van der Waals surface area contributed by atoms with E-state index in [9.17, 15) is 4.79 Å². The van der Waals surface area contributed by atoms with Crippen molar-refractivity contribution >= 4 is 28.1 Å². The molecule has 2 aromatic rings. The molecule has 0 radical (unpaired) electrons. The minimum Gasteiger partial charge on any atom is -0.363 e. The van der Waals surface area contributed by atoms with Crippen LogP contribution in [0.5, 0.6) is 0 Å². The van der Waals surface area contributed by atoms with Gasteiger partial charge in [0, 0.05) is 7.05 Å². The van der Waals surface area contributed by atoms with E-state index in [4.69, 9.17) is 0 Å². The average molecular weight is 252 g/mol. The van der Waals surface area contributed by atoms with Gasteiger partial charge >= 0.3 is 0 Å². The van der Waals surface area contributed by atoms with Gasteiger partial charge in [-0.15, -0.1) is 10.2 Å². The van der Waals surface area contributed by atoms with Crippen LogP contribution < -0.4 is 10.6 Å². The molecule has 0 aromatic carbocycles. The predicted molar refractivity (Wildman–Crippen MR) is 65.5 cm³/mol. The first-order chi connectivity index (χ1) is 8.11. The molecule has 0 bridgehead atoms. The van der Waals surface area contributed by atoms with Gasteiger partial charge in [0.15, 0.2) is 0 Å². The summed E-state index contributed by atoms with van der Waals surface area (Å²) in [5.41, 5.74) is 2.25. The molecule has 17 heavy (non-hydrogen) atoms. The molecule has 2 rings (SSSR count). The van der Waals surface area contributed by atoms with E-state index in [1.54, 1.807) is 7.05 Å². The van der Waals surface area contributed by atoms with Gasteiger partial charge < -0.3 is 10.6 Å². The molecule has 90 valence electrons. The molecule has 0 atom stereocenters. The first kappa shape index (κ1) is 11.5. The van der Waals surface area contributed by atoms with Gasteiger partial charge in [0.05, 0.1) is 17.1 Å². The molecule has 2 heterocycles. The second-order valence-electron chi connectivity index (χ2n) is 3.43. The van der Waals surface area contributed by atoms with Gasteiger partial charge in [0.2, 0.25) is 10.1 Å². The lowest BCUT2D eigenvalue weighted by Gasteiger charge is -2.01. The van der Waals surface area contributed by atoms with Gasteiger partial charge in [-0.1, -0.05) is 11.3 Å². The molecule has 0 aliphatic heterocycles. The molecule has 0 unspecified atom stereocenters. The Morgan fingerprint density at radius 3 is 2.65 bits per heavy atom. The van der Waals surface area contributed by atoms with Crippen molar-refractivity contribution in [1.29, 1.82) is 0 Å². The Kier molecular flexibility index (Phi) is 3.05. The fraction of sp³-hybridized carbons (Fsp3) is 0.333. The average Bonchev–Trinajstić information content (AvgIpc) is 2.90. The monoisotopic (exact) mass is 252 g/mol. The number of hydrogen-bond donors (Lipinski definition) is 3. The van der Waals surface area contributed by atoms with Gasteiger partial charge in [-0.05, 0) is 13.8 Å². The van der Waals surface area contributed by atoms with Crippen molar-refractivity contribution in [3.05, 3.63) is 16.4 Å². The molecule has 0 aliphatic rings. The molecule has 1 amide bonds. The van der Waals surface area contributed by atoms with Crippen LogP contribution in [-0.2, 0) is 0 Å². The number of H-pyrrole nitrogens is 1. The van der Waals surface area contributed by atoms with Crippen molar-refractivity contribution in [3.63, 3.8) is 0 Å². The summed E-state index contributed by atoms with van der Waals surface area (Å²) in [7, 11) is 1.73. The maximum absolute atomic E-state index is 11.9. The molecular formula is C9H12N6OS. The summed E-state index contributed by atoms with van der Waals surface area (Å²) in [6, 6.07) is 0. The smallest absolute Gasteiger partial charge is 0.286 e. The number of carbonyl (C=O) groups is 1. The van der Waals surface area contributed by atoms with E-state index in [-0.39, 0.29) is 5.91 Å². The van der Waals surface area contributed by atoms with E-state index in [2.05, 4.69) is 31.0 Å². The fourth-order valence-electron chi connectivity index (χ4n) is 1.32.